The van der Waals surface area contributed by atoms with Crippen LogP contribution < -0.4 is 0 Å². The number of rotatable bonds is 7. The molecule has 4 heteroatoms. The van der Waals surface area contributed by atoms with Crippen LogP contribution in [-0.2, 0) is 11.2 Å². The van der Waals surface area contributed by atoms with Crippen LogP contribution in [0.1, 0.15) is 5.56 Å². The molecule has 0 saturated carbocycles. The number of aliphatic carboxylic acids is 1. The highest BCUT2D eigenvalue weighted by atomic mass is 32.2. The average Bonchev–Trinajstić information content (AvgIpc) is 2.46. The van der Waals surface area contributed by atoms with Crippen molar-refractivity contribution in [3.63, 3.8) is 0 Å². The van der Waals surface area contributed by atoms with E-state index in [1.807, 2.05) is 42.5 Å². The third kappa shape index (κ3) is 3.74. The molecule has 0 aliphatic heterocycles. The van der Waals surface area contributed by atoms with Crippen LogP contribution in [0.3, 0.4) is 0 Å². The lowest BCUT2D eigenvalue weighted by molar-refractivity contribution is -0.140. The molecule has 20 heavy (non-hydrogen) atoms. The molecule has 1 atom stereocenters. The summed E-state index contributed by atoms with van der Waals surface area (Å²) >= 11 is 1.48. The summed E-state index contributed by atoms with van der Waals surface area (Å²) in [5, 5.41) is 20.4. The number of carboxylic acid groups (broad SMARTS) is 1. The van der Waals surface area contributed by atoms with Gasteiger partial charge in [0, 0.05) is 11.5 Å². The van der Waals surface area contributed by atoms with E-state index in [1.54, 1.807) is 0 Å². The number of thioether (sulfide) groups is 1. The zero-order valence-electron chi connectivity index (χ0n) is 11.2. The van der Waals surface area contributed by atoms with Gasteiger partial charge in [0.05, 0.1) is 12.5 Å². The van der Waals surface area contributed by atoms with Crippen molar-refractivity contribution in [2.45, 2.75) is 6.42 Å². The lowest BCUT2D eigenvalue weighted by Gasteiger charge is -2.13. The Morgan fingerprint density at radius 2 is 1.90 bits per heavy atom. The molecule has 0 aliphatic rings. The van der Waals surface area contributed by atoms with Gasteiger partial charge in [0.2, 0.25) is 0 Å². The van der Waals surface area contributed by atoms with Gasteiger partial charge in [0.15, 0.2) is 0 Å². The molecule has 0 unspecified atom stereocenters. The van der Waals surface area contributed by atoms with E-state index in [9.17, 15) is 9.90 Å². The van der Waals surface area contributed by atoms with Crippen LogP contribution in [-0.4, -0.2) is 34.3 Å². The van der Waals surface area contributed by atoms with Crippen LogP contribution in [0, 0.1) is 5.92 Å². The van der Waals surface area contributed by atoms with E-state index in [0.29, 0.717) is 17.9 Å². The van der Waals surface area contributed by atoms with Gasteiger partial charge in [-0.25, -0.2) is 0 Å². The molecule has 0 bridgehead atoms. The number of hydrogen-bond donors (Lipinski definition) is 2. The quantitative estimate of drug-likeness (QED) is 0.770. The summed E-state index contributed by atoms with van der Waals surface area (Å²) in [5.74, 6) is -0.0842. The number of aliphatic hydroxyl groups excluding tert-OH is 1. The van der Waals surface area contributed by atoms with Gasteiger partial charge < -0.3 is 10.2 Å². The van der Waals surface area contributed by atoms with Crippen molar-refractivity contribution in [1.82, 2.24) is 0 Å². The van der Waals surface area contributed by atoms with E-state index in [4.69, 9.17) is 5.11 Å². The highest BCUT2D eigenvalue weighted by Crippen LogP contribution is 2.23. The minimum Gasteiger partial charge on any atom is -0.481 e. The Labute approximate surface area is 122 Å². The summed E-state index contributed by atoms with van der Waals surface area (Å²) < 4.78 is 0. The monoisotopic (exact) mass is 290 g/mol. The fraction of sp³-hybridized carbons (Fsp3) is 0.312. The van der Waals surface area contributed by atoms with Gasteiger partial charge >= 0.3 is 5.97 Å². The SMILES string of the molecule is O=C(O)[C@@H](CSCCO)Cc1cccc2ccccc12. The molecule has 0 spiro atoms. The first kappa shape index (κ1) is 14.9. The van der Waals surface area contributed by atoms with Crippen molar-refractivity contribution in [2.75, 3.05) is 18.1 Å². The average molecular weight is 290 g/mol. The summed E-state index contributed by atoms with van der Waals surface area (Å²) in [6.45, 7) is 0.0886. The molecule has 0 fully saturated rings. The summed E-state index contributed by atoms with van der Waals surface area (Å²) in [6.07, 6.45) is 0.523. The van der Waals surface area contributed by atoms with E-state index in [0.717, 1.165) is 16.3 Å². The number of hydrogen-bond acceptors (Lipinski definition) is 3. The van der Waals surface area contributed by atoms with Crippen molar-refractivity contribution in [2.24, 2.45) is 5.92 Å². The number of aliphatic hydroxyl groups is 1. The van der Waals surface area contributed by atoms with Crippen molar-refractivity contribution in [1.29, 1.82) is 0 Å². The fourth-order valence-corrected chi connectivity index (χ4v) is 3.08. The maximum absolute atomic E-state index is 11.4. The molecule has 0 aromatic heterocycles. The molecular weight excluding hydrogens is 272 g/mol. The Morgan fingerprint density at radius 3 is 2.65 bits per heavy atom. The van der Waals surface area contributed by atoms with Gasteiger partial charge in [-0.05, 0) is 22.8 Å². The lowest BCUT2D eigenvalue weighted by atomic mass is 9.96. The Hall–Kier alpha value is -1.52. The van der Waals surface area contributed by atoms with Crippen LogP contribution in [0.2, 0.25) is 0 Å². The van der Waals surface area contributed by atoms with E-state index < -0.39 is 11.9 Å². The number of benzene rings is 2. The molecule has 2 N–H and O–H groups in total. The molecule has 2 aromatic carbocycles. The minimum absolute atomic E-state index is 0.0886. The van der Waals surface area contributed by atoms with Gasteiger partial charge in [0.25, 0.3) is 0 Å². The van der Waals surface area contributed by atoms with Crippen molar-refractivity contribution in [3.05, 3.63) is 48.0 Å². The van der Waals surface area contributed by atoms with Crippen molar-refractivity contribution >= 4 is 28.5 Å². The van der Waals surface area contributed by atoms with Gasteiger partial charge in [-0.15, -0.1) is 0 Å². The molecule has 0 heterocycles. The Morgan fingerprint density at radius 1 is 1.15 bits per heavy atom. The highest BCUT2D eigenvalue weighted by Gasteiger charge is 2.18. The van der Waals surface area contributed by atoms with Gasteiger partial charge in [-0.1, -0.05) is 42.5 Å². The second-order valence-corrected chi connectivity index (χ2v) is 5.83. The van der Waals surface area contributed by atoms with Crippen molar-refractivity contribution < 1.29 is 15.0 Å². The van der Waals surface area contributed by atoms with E-state index in [2.05, 4.69) is 0 Å². The van der Waals surface area contributed by atoms with Crippen LogP contribution in [0.4, 0.5) is 0 Å². The second kappa shape index (κ2) is 7.31. The third-order valence-electron chi connectivity index (χ3n) is 3.25. The first-order valence-corrected chi connectivity index (χ1v) is 7.76. The highest BCUT2D eigenvalue weighted by molar-refractivity contribution is 7.99. The summed E-state index contributed by atoms with van der Waals surface area (Å²) in [7, 11) is 0. The zero-order valence-corrected chi connectivity index (χ0v) is 12.0. The standard InChI is InChI=1S/C16H18O3S/c17-8-9-20-11-14(16(18)19)10-13-6-3-5-12-4-1-2-7-15(12)13/h1-7,14,17H,8-11H2,(H,18,19)/t14-/m1/s1. The topological polar surface area (TPSA) is 57.5 Å². The van der Waals surface area contributed by atoms with E-state index in [-0.39, 0.29) is 6.61 Å². The first-order valence-electron chi connectivity index (χ1n) is 6.60. The largest absolute Gasteiger partial charge is 0.481 e. The second-order valence-electron chi connectivity index (χ2n) is 4.68. The fourth-order valence-electron chi connectivity index (χ4n) is 2.24. The van der Waals surface area contributed by atoms with Crippen LogP contribution in [0.25, 0.3) is 10.8 Å². The molecule has 0 amide bonds. The number of carboxylic acids is 1. The molecule has 2 aromatic rings. The zero-order chi connectivity index (χ0) is 14.4. The summed E-state index contributed by atoms with van der Waals surface area (Å²) in [6, 6.07) is 14.0. The first-order chi connectivity index (χ1) is 9.72. The Kier molecular flexibility index (Phi) is 5.44. The molecule has 0 saturated heterocycles. The summed E-state index contributed by atoms with van der Waals surface area (Å²) in [4.78, 5) is 11.4. The maximum atomic E-state index is 11.4. The van der Waals surface area contributed by atoms with Crippen LogP contribution in [0.5, 0.6) is 0 Å². The maximum Gasteiger partial charge on any atom is 0.307 e. The number of fused-ring (bicyclic) bond motifs is 1. The van der Waals surface area contributed by atoms with Gasteiger partial charge in [-0.2, -0.15) is 11.8 Å². The third-order valence-corrected chi connectivity index (χ3v) is 4.36. The Balaban J connectivity index is 2.18. The molecule has 2 rings (SSSR count). The molecule has 0 radical (unpaired) electrons. The minimum atomic E-state index is -0.775. The van der Waals surface area contributed by atoms with E-state index in [1.165, 1.54) is 11.8 Å². The Bertz CT molecular complexity index is 577. The predicted octanol–water partition coefficient (Wildman–Crippen LogP) is 2.81. The van der Waals surface area contributed by atoms with Crippen molar-refractivity contribution in [3.8, 4) is 0 Å². The van der Waals surface area contributed by atoms with Gasteiger partial charge in [0.1, 0.15) is 0 Å². The molecule has 106 valence electrons. The van der Waals surface area contributed by atoms with Crippen LogP contribution in [0.15, 0.2) is 42.5 Å². The summed E-state index contributed by atoms with van der Waals surface area (Å²) in [5.41, 5.74) is 1.07. The predicted molar refractivity (Wildman–Crippen MR) is 83.2 cm³/mol. The smallest absolute Gasteiger partial charge is 0.307 e. The van der Waals surface area contributed by atoms with Crippen LogP contribution >= 0.6 is 11.8 Å². The number of carbonyl (C=O) groups is 1. The molecular formula is C16H18O3S. The molecule has 0 aliphatic carbocycles. The van der Waals surface area contributed by atoms with E-state index >= 15 is 0 Å². The molecule has 3 nitrogen and oxygen atoms in total. The normalized spacial score (nSPS) is 12.4. The lowest BCUT2D eigenvalue weighted by Crippen LogP contribution is -2.19. The van der Waals surface area contributed by atoms with Gasteiger partial charge in [-0.3, -0.25) is 4.79 Å².